The zero-order chi connectivity index (χ0) is 20.3. The van der Waals surface area contributed by atoms with Crippen molar-refractivity contribution in [3.8, 4) is 5.75 Å². The topological polar surface area (TPSA) is 51.2 Å². The summed E-state index contributed by atoms with van der Waals surface area (Å²) < 4.78 is 5.47. The molecule has 1 atom stereocenters. The first-order valence-electron chi connectivity index (χ1n) is 9.42. The van der Waals surface area contributed by atoms with Gasteiger partial charge in [-0.05, 0) is 56.5 Å². The van der Waals surface area contributed by atoms with E-state index in [4.69, 9.17) is 9.72 Å². The van der Waals surface area contributed by atoms with Gasteiger partial charge in [-0.1, -0.05) is 48.5 Å². The molecule has 0 aliphatic heterocycles. The van der Waals surface area contributed by atoms with Crippen LogP contribution in [-0.4, -0.2) is 23.3 Å². The van der Waals surface area contributed by atoms with E-state index in [0.29, 0.717) is 6.42 Å². The highest BCUT2D eigenvalue weighted by molar-refractivity contribution is 8.00. The molecule has 1 N–H and O–H groups in total. The third-order valence-electron chi connectivity index (χ3n) is 4.77. The minimum absolute atomic E-state index is 0.000898. The Morgan fingerprint density at radius 3 is 2.61 bits per heavy atom. The number of aromatic nitrogens is 1. The molecule has 0 radical (unpaired) electrons. The Kier molecular flexibility index (Phi) is 6.25. The summed E-state index contributed by atoms with van der Waals surface area (Å²) in [6.45, 7) is 8.14. The van der Waals surface area contributed by atoms with Gasteiger partial charge in [-0.3, -0.25) is 4.79 Å². The molecule has 28 heavy (non-hydrogen) atoms. The quantitative estimate of drug-likeness (QED) is 0.547. The molecule has 2 aromatic carbocycles. The lowest BCUT2D eigenvalue weighted by molar-refractivity contribution is -0.115. The molecular weight excluding hydrogens is 368 g/mol. The van der Waals surface area contributed by atoms with Crippen molar-refractivity contribution in [2.24, 2.45) is 0 Å². The molecule has 0 saturated heterocycles. The SMILES string of the molecule is CCC(Sc1cc(C)c2cccc(OC)c2n1)C(=O)Nc1ccc(C)cc1C. The van der Waals surface area contributed by atoms with Crippen LogP contribution in [0.4, 0.5) is 5.69 Å². The van der Waals surface area contributed by atoms with Crippen LogP contribution < -0.4 is 10.1 Å². The van der Waals surface area contributed by atoms with Crippen molar-refractivity contribution in [1.29, 1.82) is 0 Å². The fourth-order valence-electron chi connectivity index (χ4n) is 3.22. The second kappa shape index (κ2) is 8.65. The van der Waals surface area contributed by atoms with Crippen molar-refractivity contribution in [2.75, 3.05) is 12.4 Å². The highest BCUT2D eigenvalue weighted by atomic mass is 32.2. The maximum atomic E-state index is 12.9. The average Bonchev–Trinajstić information content (AvgIpc) is 2.67. The molecule has 5 heteroatoms. The predicted octanol–water partition coefficient (Wildman–Crippen LogP) is 5.68. The van der Waals surface area contributed by atoms with Gasteiger partial charge >= 0.3 is 0 Å². The van der Waals surface area contributed by atoms with Crippen molar-refractivity contribution in [2.45, 2.75) is 44.4 Å². The van der Waals surface area contributed by atoms with Crippen LogP contribution in [0.15, 0.2) is 47.5 Å². The number of thioether (sulfide) groups is 1. The minimum atomic E-state index is -0.222. The lowest BCUT2D eigenvalue weighted by atomic mass is 10.1. The van der Waals surface area contributed by atoms with Crippen LogP contribution in [0.1, 0.15) is 30.0 Å². The second-order valence-corrected chi connectivity index (χ2v) is 8.18. The number of hydrogen-bond acceptors (Lipinski definition) is 4. The third-order valence-corrected chi connectivity index (χ3v) is 6.05. The summed E-state index contributed by atoms with van der Waals surface area (Å²) >= 11 is 1.49. The number of para-hydroxylation sites is 1. The number of rotatable bonds is 6. The number of amides is 1. The first kappa shape index (κ1) is 20.2. The number of anilines is 1. The van der Waals surface area contributed by atoms with Crippen molar-refractivity contribution < 1.29 is 9.53 Å². The molecule has 0 spiro atoms. The number of methoxy groups -OCH3 is 1. The van der Waals surface area contributed by atoms with E-state index in [1.807, 2.05) is 57.2 Å². The number of nitrogens with one attached hydrogen (secondary N) is 1. The Morgan fingerprint density at radius 1 is 1.14 bits per heavy atom. The Hall–Kier alpha value is -2.53. The fraction of sp³-hybridized carbons (Fsp3) is 0.304. The maximum absolute atomic E-state index is 12.9. The van der Waals surface area contributed by atoms with E-state index >= 15 is 0 Å². The molecule has 4 nitrogen and oxygen atoms in total. The summed E-state index contributed by atoms with van der Waals surface area (Å²) in [6, 6.07) is 14.0. The number of benzene rings is 2. The molecule has 1 unspecified atom stereocenters. The summed E-state index contributed by atoms with van der Waals surface area (Å²) in [5, 5.41) is 4.75. The molecular formula is C23H26N2O2S. The van der Waals surface area contributed by atoms with Crippen LogP contribution in [0.2, 0.25) is 0 Å². The number of nitrogens with zero attached hydrogens (tertiary/aromatic N) is 1. The molecule has 0 bridgehead atoms. The average molecular weight is 395 g/mol. The molecule has 0 fully saturated rings. The fourth-order valence-corrected chi connectivity index (χ4v) is 4.23. The summed E-state index contributed by atoms with van der Waals surface area (Å²) in [5.41, 5.74) is 5.06. The predicted molar refractivity (Wildman–Crippen MR) is 118 cm³/mol. The van der Waals surface area contributed by atoms with E-state index in [0.717, 1.165) is 38.5 Å². The van der Waals surface area contributed by atoms with Gasteiger partial charge in [0.2, 0.25) is 5.91 Å². The van der Waals surface area contributed by atoms with Crippen molar-refractivity contribution in [3.63, 3.8) is 0 Å². The summed E-state index contributed by atoms with van der Waals surface area (Å²) in [4.78, 5) is 17.6. The minimum Gasteiger partial charge on any atom is -0.494 e. The zero-order valence-electron chi connectivity index (χ0n) is 17.0. The summed E-state index contributed by atoms with van der Waals surface area (Å²) in [6.07, 6.45) is 0.714. The number of carbonyl (C=O) groups excluding carboxylic acids is 1. The number of hydrogen-bond donors (Lipinski definition) is 1. The smallest absolute Gasteiger partial charge is 0.237 e. The lowest BCUT2D eigenvalue weighted by Crippen LogP contribution is -2.25. The van der Waals surface area contributed by atoms with E-state index in [-0.39, 0.29) is 11.2 Å². The highest BCUT2D eigenvalue weighted by Crippen LogP contribution is 2.32. The van der Waals surface area contributed by atoms with E-state index < -0.39 is 0 Å². The van der Waals surface area contributed by atoms with Crippen molar-refractivity contribution in [1.82, 2.24) is 4.98 Å². The van der Waals surface area contributed by atoms with Crippen LogP contribution >= 0.6 is 11.8 Å². The molecule has 1 amide bonds. The monoisotopic (exact) mass is 394 g/mol. The van der Waals surface area contributed by atoms with Gasteiger partial charge in [0.15, 0.2) is 0 Å². The van der Waals surface area contributed by atoms with Gasteiger partial charge in [0, 0.05) is 11.1 Å². The van der Waals surface area contributed by atoms with E-state index in [9.17, 15) is 4.79 Å². The molecule has 3 aromatic rings. The molecule has 146 valence electrons. The first-order chi connectivity index (χ1) is 13.4. The van der Waals surface area contributed by atoms with Crippen LogP contribution in [0.25, 0.3) is 10.9 Å². The standard InChI is InChI=1S/C23H26N2O2S/c1-6-20(23(26)24-18-11-10-14(2)12-16(18)4)28-21-13-15(3)17-8-7-9-19(27-5)22(17)25-21/h7-13,20H,6H2,1-5H3,(H,24,26). The second-order valence-electron chi connectivity index (χ2n) is 6.96. The van der Waals surface area contributed by atoms with Gasteiger partial charge in [0.25, 0.3) is 0 Å². The van der Waals surface area contributed by atoms with Gasteiger partial charge in [-0.2, -0.15) is 0 Å². The number of pyridine rings is 1. The molecule has 0 aliphatic rings. The van der Waals surface area contributed by atoms with Crippen LogP contribution in [0, 0.1) is 20.8 Å². The zero-order valence-corrected chi connectivity index (χ0v) is 17.8. The molecule has 3 rings (SSSR count). The number of fused-ring (bicyclic) bond motifs is 1. The van der Waals surface area contributed by atoms with E-state index in [2.05, 4.69) is 18.3 Å². The molecule has 0 aliphatic carbocycles. The van der Waals surface area contributed by atoms with Crippen LogP contribution in [0.5, 0.6) is 5.75 Å². The van der Waals surface area contributed by atoms with Gasteiger partial charge in [0.05, 0.1) is 17.4 Å². The lowest BCUT2D eigenvalue weighted by Gasteiger charge is -2.17. The van der Waals surface area contributed by atoms with Gasteiger partial charge in [-0.25, -0.2) is 4.98 Å². The van der Waals surface area contributed by atoms with Gasteiger partial charge in [-0.15, -0.1) is 0 Å². The number of carbonyl (C=O) groups is 1. The molecule has 1 heterocycles. The Labute approximate surface area is 170 Å². The van der Waals surface area contributed by atoms with Gasteiger partial charge < -0.3 is 10.1 Å². The number of aryl methyl sites for hydroxylation is 3. The maximum Gasteiger partial charge on any atom is 0.237 e. The van der Waals surface area contributed by atoms with Crippen molar-refractivity contribution in [3.05, 3.63) is 59.2 Å². The third kappa shape index (κ3) is 4.30. The van der Waals surface area contributed by atoms with Crippen LogP contribution in [0.3, 0.4) is 0 Å². The normalized spacial score (nSPS) is 12.0. The Bertz CT molecular complexity index is 1020. The van der Waals surface area contributed by atoms with Gasteiger partial charge in [0.1, 0.15) is 11.3 Å². The van der Waals surface area contributed by atoms with E-state index in [1.54, 1.807) is 7.11 Å². The highest BCUT2D eigenvalue weighted by Gasteiger charge is 2.20. The van der Waals surface area contributed by atoms with E-state index in [1.165, 1.54) is 17.3 Å². The van der Waals surface area contributed by atoms with Crippen LogP contribution in [-0.2, 0) is 4.79 Å². The largest absolute Gasteiger partial charge is 0.494 e. The summed E-state index contributed by atoms with van der Waals surface area (Å²) in [5.74, 6) is 0.745. The summed E-state index contributed by atoms with van der Waals surface area (Å²) in [7, 11) is 1.65. The first-order valence-corrected chi connectivity index (χ1v) is 10.3. The Morgan fingerprint density at radius 2 is 1.93 bits per heavy atom. The van der Waals surface area contributed by atoms with Crippen molar-refractivity contribution >= 4 is 34.3 Å². The Balaban J connectivity index is 1.85. The number of ether oxygens (including phenoxy) is 1. The molecule has 1 aromatic heterocycles. The molecule has 0 saturated carbocycles.